The zero-order valence-electron chi connectivity index (χ0n) is 13.0. The van der Waals surface area contributed by atoms with Gasteiger partial charge in [-0.1, -0.05) is 12.8 Å². The van der Waals surface area contributed by atoms with Crippen molar-refractivity contribution in [2.75, 3.05) is 7.11 Å². The number of methoxy groups -OCH3 is 1. The van der Waals surface area contributed by atoms with Gasteiger partial charge in [0.05, 0.1) is 16.9 Å². The smallest absolute Gasteiger partial charge is 0.312 e. The molecule has 2 aliphatic rings. The van der Waals surface area contributed by atoms with E-state index in [0.29, 0.717) is 0 Å². The highest BCUT2D eigenvalue weighted by Gasteiger charge is 2.43. The molecule has 2 aliphatic carbocycles. The van der Waals surface area contributed by atoms with Gasteiger partial charge in [-0.15, -0.1) is 0 Å². The quantitative estimate of drug-likeness (QED) is 0.586. The van der Waals surface area contributed by atoms with Crippen LogP contribution in [0.3, 0.4) is 0 Å². The Hall–Kier alpha value is -1.67. The van der Waals surface area contributed by atoms with Crippen molar-refractivity contribution in [3.63, 3.8) is 0 Å². The molecule has 0 amide bonds. The molecule has 8 heteroatoms. The largest absolute Gasteiger partial charge is 0.490 e. The van der Waals surface area contributed by atoms with Crippen molar-refractivity contribution in [2.24, 2.45) is 0 Å². The highest BCUT2D eigenvalue weighted by atomic mass is 32.2. The third kappa shape index (κ3) is 3.05. The Bertz CT molecular complexity index is 709. The molecule has 2 saturated carbocycles. The normalized spacial score (nSPS) is 19.2. The van der Waals surface area contributed by atoms with Gasteiger partial charge in [0.2, 0.25) is 10.0 Å². The molecule has 1 aromatic carbocycles. The molecule has 2 fully saturated rings. The molecule has 23 heavy (non-hydrogen) atoms. The summed E-state index contributed by atoms with van der Waals surface area (Å²) in [5, 5.41) is 11.1. The summed E-state index contributed by atoms with van der Waals surface area (Å²) in [4.78, 5) is 10.5. The first-order valence-electron chi connectivity index (χ1n) is 7.81. The van der Waals surface area contributed by atoms with Gasteiger partial charge < -0.3 is 4.74 Å². The second-order valence-electron chi connectivity index (χ2n) is 6.10. The van der Waals surface area contributed by atoms with Crippen molar-refractivity contribution in [1.29, 1.82) is 0 Å². The molecule has 0 spiro atoms. The SMILES string of the molecule is COc1ccc(S(=O)(=O)N(C2CCCC2)C2CC2)cc1[N+](=O)[O-]. The molecule has 0 heterocycles. The maximum absolute atomic E-state index is 13.0. The van der Waals surface area contributed by atoms with Gasteiger partial charge in [0.25, 0.3) is 0 Å². The Morgan fingerprint density at radius 3 is 2.30 bits per heavy atom. The van der Waals surface area contributed by atoms with Gasteiger partial charge in [-0.25, -0.2) is 8.42 Å². The molecule has 0 unspecified atom stereocenters. The summed E-state index contributed by atoms with van der Waals surface area (Å²) in [6, 6.07) is 3.92. The van der Waals surface area contributed by atoms with Gasteiger partial charge in [0.1, 0.15) is 0 Å². The van der Waals surface area contributed by atoms with Crippen LogP contribution in [0.1, 0.15) is 38.5 Å². The zero-order valence-corrected chi connectivity index (χ0v) is 13.8. The highest BCUT2D eigenvalue weighted by molar-refractivity contribution is 7.89. The van der Waals surface area contributed by atoms with Crippen LogP contribution in [0.5, 0.6) is 5.75 Å². The number of hydrogen-bond donors (Lipinski definition) is 0. The van der Waals surface area contributed by atoms with Crippen LogP contribution in [-0.4, -0.2) is 36.8 Å². The Morgan fingerprint density at radius 1 is 1.17 bits per heavy atom. The Labute approximate surface area is 135 Å². The fraction of sp³-hybridized carbons (Fsp3) is 0.600. The van der Waals surface area contributed by atoms with Crippen molar-refractivity contribution in [2.45, 2.75) is 55.5 Å². The second-order valence-corrected chi connectivity index (χ2v) is 7.94. The van der Waals surface area contributed by atoms with E-state index in [1.807, 2.05) is 0 Å². The molecule has 126 valence electrons. The van der Waals surface area contributed by atoms with E-state index in [2.05, 4.69) is 0 Å². The average Bonchev–Trinajstić information content (AvgIpc) is 3.20. The summed E-state index contributed by atoms with van der Waals surface area (Å²) < 4.78 is 32.6. The summed E-state index contributed by atoms with van der Waals surface area (Å²) in [5.41, 5.74) is -0.323. The molecule has 1 aromatic rings. The Morgan fingerprint density at radius 2 is 1.78 bits per heavy atom. The number of nitrogens with zero attached hydrogens (tertiary/aromatic N) is 2. The van der Waals surface area contributed by atoms with Crippen LogP contribution in [0.4, 0.5) is 5.69 Å². The molecule has 0 aliphatic heterocycles. The third-order valence-corrected chi connectivity index (χ3v) is 6.51. The van der Waals surface area contributed by atoms with Gasteiger partial charge in [-0.2, -0.15) is 4.31 Å². The maximum Gasteiger partial charge on any atom is 0.312 e. The summed E-state index contributed by atoms with van der Waals surface area (Å²) in [6.45, 7) is 0. The number of benzene rings is 1. The number of hydrogen-bond acceptors (Lipinski definition) is 5. The molecule has 0 aromatic heterocycles. The molecule has 3 rings (SSSR count). The lowest BCUT2D eigenvalue weighted by Gasteiger charge is -2.28. The van der Waals surface area contributed by atoms with E-state index < -0.39 is 14.9 Å². The molecular formula is C15H20N2O5S. The first kappa shape index (κ1) is 16.2. The van der Waals surface area contributed by atoms with Gasteiger partial charge >= 0.3 is 5.69 Å². The van der Waals surface area contributed by atoms with E-state index in [9.17, 15) is 18.5 Å². The van der Waals surface area contributed by atoms with E-state index in [1.165, 1.54) is 19.2 Å². The molecule has 7 nitrogen and oxygen atoms in total. The van der Waals surface area contributed by atoms with Crippen LogP contribution < -0.4 is 4.74 Å². The average molecular weight is 340 g/mol. The summed E-state index contributed by atoms with van der Waals surface area (Å²) in [6.07, 6.45) is 5.54. The van der Waals surface area contributed by atoms with Crippen LogP contribution in [0.15, 0.2) is 23.1 Å². The molecule has 0 saturated heterocycles. The van der Waals surface area contributed by atoms with Crippen molar-refractivity contribution in [1.82, 2.24) is 4.31 Å². The monoisotopic (exact) mass is 340 g/mol. The summed E-state index contributed by atoms with van der Waals surface area (Å²) >= 11 is 0. The van der Waals surface area contributed by atoms with Crippen molar-refractivity contribution in [3.05, 3.63) is 28.3 Å². The summed E-state index contributed by atoms with van der Waals surface area (Å²) in [7, 11) is -2.40. The maximum atomic E-state index is 13.0. The van der Waals surface area contributed by atoms with Crippen molar-refractivity contribution in [3.8, 4) is 5.75 Å². The first-order valence-corrected chi connectivity index (χ1v) is 9.25. The van der Waals surface area contributed by atoms with Crippen LogP contribution >= 0.6 is 0 Å². The van der Waals surface area contributed by atoms with Gasteiger partial charge in [-0.05, 0) is 37.8 Å². The molecule has 0 atom stereocenters. The minimum atomic E-state index is -3.73. The van der Waals surface area contributed by atoms with E-state index in [4.69, 9.17) is 4.74 Å². The predicted molar refractivity (Wildman–Crippen MR) is 84.0 cm³/mol. The topological polar surface area (TPSA) is 89.8 Å². The summed E-state index contributed by atoms with van der Waals surface area (Å²) in [5.74, 6) is 0.0628. The van der Waals surface area contributed by atoms with Crippen molar-refractivity contribution >= 4 is 15.7 Å². The number of ether oxygens (including phenoxy) is 1. The van der Waals surface area contributed by atoms with Crippen LogP contribution in [-0.2, 0) is 10.0 Å². The van der Waals surface area contributed by atoms with E-state index in [1.54, 1.807) is 4.31 Å². The lowest BCUT2D eigenvalue weighted by molar-refractivity contribution is -0.386. The number of rotatable bonds is 6. The fourth-order valence-corrected chi connectivity index (χ4v) is 5.22. The van der Waals surface area contributed by atoms with Crippen LogP contribution in [0, 0.1) is 10.1 Å². The second kappa shape index (κ2) is 6.09. The number of sulfonamides is 1. The van der Waals surface area contributed by atoms with Gasteiger partial charge in [0.15, 0.2) is 5.75 Å². The molecule has 0 N–H and O–H groups in total. The Kier molecular flexibility index (Phi) is 4.29. The standard InChI is InChI=1S/C15H20N2O5S/c1-22-15-9-8-13(10-14(15)17(18)19)23(20,21)16(12-6-7-12)11-4-2-3-5-11/h8-12H,2-7H2,1H3. The zero-order chi connectivity index (χ0) is 16.6. The number of nitro groups is 1. The van der Waals surface area contributed by atoms with Crippen LogP contribution in [0.2, 0.25) is 0 Å². The van der Waals surface area contributed by atoms with Crippen LogP contribution in [0.25, 0.3) is 0 Å². The molecular weight excluding hydrogens is 320 g/mol. The van der Waals surface area contributed by atoms with E-state index in [-0.39, 0.29) is 28.4 Å². The lowest BCUT2D eigenvalue weighted by atomic mass is 10.2. The Balaban J connectivity index is 2.00. The predicted octanol–water partition coefficient (Wildman–Crippen LogP) is 2.70. The van der Waals surface area contributed by atoms with E-state index >= 15 is 0 Å². The minimum absolute atomic E-state index is 0.0219. The van der Waals surface area contributed by atoms with Gasteiger partial charge in [-0.3, -0.25) is 10.1 Å². The molecule has 0 radical (unpaired) electrons. The highest BCUT2D eigenvalue weighted by Crippen LogP contribution is 2.40. The first-order chi connectivity index (χ1) is 10.9. The van der Waals surface area contributed by atoms with E-state index in [0.717, 1.165) is 44.6 Å². The fourth-order valence-electron chi connectivity index (χ4n) is 3.27. The molecule has 0 bridgehead atoms. The third-order valence-electron chi connectivity index (χ3n) is 4.51. The lowest BCUT2D eigenvalue weighted by Crippen LogP contribution is -2.40. The van der Waals surface area contributed by atoms with Crippen molar-refractivity contribution < 1.29 is 18.1 Å². The number of nitro benzene ring substituents is 1. The van der Waals surface area contributed by atoms with Gasteiger partial charge in [0, 0.05) is 18.2 Å². The minimum Gasteiger partial charge on any atom is -0.490 e.